The Morgan fingerprint density at radius 1 is 1.08 bits per heavy atom. The standard InChI is InChI=1S/C19H19N3O2S/c1-15-11-17-9-5-6-10-19(17)22(15)25(23,24)18-12-20-21(14-18)13-16-7-3-2-4-8-16/h2-10,12,14-15H,11,13H2,1H3. The van der Waals surface area contributed by atoms with Crippen LogP contribution in [-0.4, -0.2) is 24.2 Å². The molecule has 1 aromatic heterocycles. The van der Waals surface area contributed by atoms with Gasteiger partial charge in [-0.3, -0.25) is 8.99 Å². The molecule has 2 heterocycles. The Labute approximate surface area is 147 Å². The molecular weight excluding hydrogens is 334 g/mol. The van der Waals surface area contributed by atoms with Gasteiger partial charge >= 0.3 is 0 Å². The van der Waals surface area contributed by atoms with E-state index in [0.717, 1.165) is 23.2 Å². The van der Waals surface area contributed by atoms with Crippen molar-refractivity contribution in [1.29, 1.82) is 0 Å². The van der Waals surface area contributed by atoms with E-state index in [1.165, 1.54) is 10.5 Å². The van der Waals surface area contributed by atoms with Crippen molar-refractivity contribution >= 4 is 15.7 Å². The van der Waals surface area contributed by atoms with Crippen LogP contribution >= 0.6 is 0 Å². The van der Waals surface area contributed by atoms with Crippen molar-refractivity contribution in [2.24, 2.45) is 0 Å². The summed E-state index contributed by atoms with van der Waals surface area (Å²) in [5.41, 5.74) is 2.91. The molecule has 1 unspecified atom stereocenters. The maximum Gasteiger partial charge on any atom is 0.267 e. The van der Waals surface area contributed by atoms with Gasteiger partial charge in [0.05, 0.1) is 18.4 Å². The number of rotatable bonds is 4. The van der Waals surface area contributed by atoms with Crippen LogP contribution in [0.5, 0.6) is 0 Å². The van der Waals surface area contributed by atoms with E-state index < -0.39 is 10.0 Å². The minimum atomic E-state index is -3.62. The molecule has 128 valence electrons. The van der Waals surface area contributed by atoms with Crippen molar-refractivity contribution in [2.45, 2.75) is 30.8 Å². The van der Waals surface area contributed by atoms with E-state index in [0.29, 0.717) is 6.54 Å². The Bertz CT molecular complexity index is 996. The summed E-state index contributed by atoms with van der Waals surface area (Å²) in [7, 11) is -3.62. The second kappa shape index (κ2) is 6.04. The number of benzene rings is 2. The summed E-state index contributed by atoms with van der Waals surface area (Å²) in [6.45, 7) is 2.48. The van der Waals surface area contributed by atoms with Crippen LogP contribution in [0.25, 0.3) is 0 Å². The van der Waals surface area contributed by atoms with Crippen molar-refractivity contribution in [3.8, 4) is 0 Å². The summed E-state index contributed by atoms with van der Waals surface area (Å²) in [6, 6.07) is 17.4. The van der Waals surface area contributed by atoms with Gasteiger partial charge in [-0.1, -0.05) is 48.5 Å². The van der Waals surface area contributed by atoms with Crippen molar-refractivity contribution < 1.29 is 8.42 Å². The molecule has 6 heteroatoms. The Hall–Kier alpha value is -2.60. The topological polar surface area (TPSA) is 55.2 Å². The van der Waals surface area contributed by atoms with Crippen LogP contribution in [0, 0.1) is 0 Å². The first kappa shape index (κ1) is 15.9. The van der Waals surface area contributed by atoms with Crippen molar-refractivity contribution in [3.63, 3.8) is 0 Å². The molecule has 0 spiro atoms. The van der Waals surface area contributed by atoms with E-state index in [1.54, 1.807) is 10.9 Å². The number of nitrogens with zero attached hydrogens (tertiary/aromatic N) is 3. The zero-order valence-corrected chi connectivity index (χ0v) is 14.7. The van der Waals surface area contributed by atoms with Gasteiger partial charge in [0.15, 0.2) is 0 Å². The van der Waals surface area contributed by atoms with Gasteiger partial charge in [-0.2, -0.15) is 5.10 Å². The highest BCUT2D eigenvalue weighted by Gasteiger charge is 2.36. The molecule has 3 aromatic rings. The van der Waals surface area contributed by atoms with E-state index in [9.17, 15) is 8.42 Å². The minimum absolute atomic E-state index is 0.0973. The summed E-state index contributed by atoms with van der Waals surface area (Å²) < 4.78 is 29.5. The normalized spacial score (nSPS) is 16.8. The minimum Gasteiger partial charge on any atom is -0.267 e. The van der Waals surface area contributed by atoms with Crippen LogP contribution in [0.2, 0.25) is 0 Å². The summed E-state index contributed by atoms with van der Waals surface area (Å²) >= 11 is 0. The molecule has 0 fully saturated rings. The summed E-state index contributed by atoms with van der Waals surface area (Å²) in [5, 5.41) is 4.24. The van der Waals surface area contributed by atoms with Gasteiger partial charge in [-0.15, -0.1) is 0 Å². The van der Waals surface area contributed by atoms with E-state index in [4.69, 9.17) is 0 Å². The zero-order chi connectivity index (χ0) is 17.4. The third-order valence-corrected chi connectivity index (χ3v) is 6.38. The molecule has 0 saturated heterocycles. The number of hydrogen-bond acceptors (Lipinski definition) is 3. The van der Waals surface area contributed by atoms with Gasteiger partial charge in [0, 0.05) is 12.2 Å². The summed E-state index contributed by atoms with van der Waals surface area (Å²) in [6.07, 6.45) is 3.77. The second-order valence-electron chi connectivity index (χ2n) is 6.34. The molecule has 0 aliphatic carbocycles. The van der Waals surface area contributed by atoms with Gasteiger partial charge in [-0.25, -0.2) is 8.42 Å². The molecule has 1 aliphatic rings. The fraction of sp³-hybridized carbons (Fsp3) is 0.211. The van der Waals surface area contributed by atoms with E-state index in [-0.39, 0.29) is 10.9 Å². The quantitative estimate of drug-likeness (QED) is 0.724. The molecule has 1 aliphatic heterocycles. The Balaban J connectivity index is 1.65. The van der Waals surface area contributed by atoms with Crippen LogP contribution in [0.15, 0.2) is 71.9 Å². The number of aromatic nitrogens is 2. The molecule has 5 nitrogen and oxygen atoms in total. The monoisotopic (exact) mass is 353 g/mol. The molecular formula is C19H19N3O2S. The predicted octanol–water partition coefficient (Wildman–Crippen LogP) is 3.07. The van der Waals surface area contributed by atoms with Crippen molar-refractivity contribution in [1.82, 2.24) is 9.78 Å². The average molecular weight is 353 g/mol. The number of para-hydroxylation sites is 1. The number of fused-ring (bicyclic) bond motifs is 1. The van der Waals surface area contributed by atoms with E-state index in [2.05, 4.69) is 5.10 Å². The molecule has 25 heavy (non-hydrogen) atoms. The lowest BCUT2D eigenvalue weighted by Gasteiger charge is -2.23. The number of hydrogen-bond donors (Lipinski definition) is 0. The van der Waals surface area contributed by atoms with Gasteiger partial charge in [-0.05, 0) is 30.5 Å². The highest BCUT2D eigenvalue weighted by molar-refractivity contribution is 7.92. The molecule has 4 rings (SSSR count). The molecule has 0 radical (unpaired) electrons. The first-order valence-electron chi connectivity index (χ1n) is 8.24. The average Bonchev–Trinajstić information content (AvgIpc) is 3.19. The molecule has 0 bridgehead atoms. The van der Waals surface area contributed by atoms with Crippen LogP contribution in [0.1, 0.15) is 18.1 Å². The third kappa shape index (κ3) is 2.82. The molecule has 2 aromatic carbocycles. The lowest BCUT2D eigenvalue weighted by atomic mass is 10.1. The molecule has 0 amide bonds. The Morgan fingerprint density at radius 3 is 2.60 bits per heavy atom. The van der Waals surface area contributed by atoms with Gasteiger partial charge in [0.25, 0.3) is 10.0 Å². The van der Waals surface area contributed by atoms with Gasteiger partial charge in [0.1, 0.15) is 4.90 Å². The maximum absolute atomic E-state index is 13.1. The fourth-order valence-electron chi connectivity index (χ4n) is 3.35. The third-order valence-electron chi connectivity index (χ3n) is 4.50. The fourth-order valence-corrected chi connectivity index (χ4v) is 5.00. The largest absolute Gasteiger partial charge is 0.267 e. The van der Waals surface area contributed by atoms with Crippen LogP contribution in [0.3, 0.4) is 0 Å². The number of anilines is 1. The second-order valence-corrected chi connectivity index (χ2v) is 8.16. The smallest absolute Gasteiger partial charge is 0.267 e. The van der Waals surface area contributed by atoms with Crippen molar-refractivity contribution in [2.75, 3.05) is 4.31 Å². The highest BCUT2D eigenvalue weighted by atomic mass is 32.2. The van der Waals surface area contributed by atoms with E-state index in [1.807, 2.05) is 61.5 Å². The van der Waals surface area contributed by atoms with Crippen LogP contribution < -0.4 is 4.31 Å². The first-order chi connectivity index (χ1) is 12.1. The molecule has 0 saturated carbocycles. The van der Waals surface area contributed by atoms with Crippen molar-refractivity contribution in [3.05, 3.63) is 78.1 Å². The van der Waals surface area contributed by atoms with Crippen LogP contribution in [-0.2, 0) is 23.0 Å². The Morgan fingerprint density at radius 2 is 1.80 bits per heavy atom. The lowest BCUT2D eigenvalue weighted by Crippen LogP contribution is -2.35. The summed E-state index contributed by atoms with van der Waals surface area (Å²) in [4.78, 5) is 0.229. The summed E-state index contributed by atoms with van der Waals surface area (Å²) in [5.74, 6) is 0. The van der Waals surface area contributed by atoms with Crippen LogP contribution in [0.4, 0.5) is 5.69 Å². The molecule has 0 N–H and O–H groups in total. The zero-order valence-electron chi connectivity index (χ0n) is 13.9. The predicted molar refractivity (Wildman–Crippen MR) is 97.0 cm³/mol. The first-order valence-corrected chi connectivity index (χ1v) is 9.68. The van der Waals surface area contributed by atoms with Gasteiger partial charge < -0.3 is 0 Å². The lowest BCUT2D eigenvalue weighted by molar-refractivity contribution is 0.584. The highest BCUT2D eigenvalue weighted by Crippen LogP contribution is 2.36. The maximum atomic E-state index is 13.1. The SMILES string of the molecule is CC1Cc2ccccc2N1S(=O)(=O)c1cnn(Cc2ccccc2)c1. The van der Waals surface area contributed by atoms with E-state index >= 15 is 0 Å². The Kier molecular flexibility index (Phi) is 3.84. The number of sulfonamides is 1. The molecule has 1 atom stereocenters. The van der Waals surface area contributed by atoms with Gasteiger partial charge in [0.2, 0.25) is 0 Å².